The molecule has 0 atom stereocenters. The molecule has 0 radical (unpaired) electrons. The Morgan fingerprint density at radius 3 is 2.41 bits per heavy atom. The van der Waals surface area contributed by atoms with Crippen LogP contribution < -0.4 is 15.2 Å². The second kappa shape index (κ2) is 7.45. The van der Waals surface area contributed by atoms with Gasteiger partial charge in [0.25, 0.3) is 0 Å². The predicted molar refractivity (Wildman–Crippen MR) is 74.1 cm³/mol. The molecule has 0 spiro atoms. The summed E-state index contributed by atoms with van der Waals surface area (Å²) < 4.78 is 10.6. The van der Waals surface area contributed by atoms with Gasteiger partial charge in [0.1, 0.15) is 0 Å². The van der Waals surface area contributed by atoms with Gasteiger partial charge in [-0.3, -0.25) is 0 Å². The van der Waals surface area contributed by atoms with Gasteiger partial charge in [-0.1, -0.05) is 0 Å². The van der Waals surface area contributed by atoms with Crippen LogP contribution in [0.5, 0.6) is 11.5 Å². The Hall–Kier alpha value is -0.870. The lowest BCUT2D eigenvalue weighted by molar-refractivity contribution is 0.354. The largest absolute Gasteiger partial charge is 0.493 e. The average molecular weight is 255 g/mol. The van der Waals surface area contributed by atoms with Crippen molar-refractivity contribution in [3.63, 3.8) is 0 Å². The first-order chi connectivity index (χ1) is 8.22. The summed E-state index contributed by atoms with van der Waals surface area (Å²) in [6, 6.07) is 4.08. The first kappa shape index (κ1) is 14.2. The fourth-order valence-electron chi connectivity index (χ4n) is 1.55. The van der Waals surface area contributed by atoms with Crippen molar-refractivity contribution in [1.29, 1.82) is 0 Å². The number of benzene rings is 1. The number of hydrogen-bond donors (Lipinski definition) is 1. The summed E-state index contributed by atoms with van der Waals surface area (Å²) in [4.78, 5) is 0. The van der Waals surface area contributed by atoms with Crippen LogP contribution in [0.3, 0.4) is 0 Å². The van der Waals surface area contributed by atoms with Crippen molar-refractivity contribution in [1.82, 2.24) is 0 Å². The zero-order valence-corrected chi connectivity index (χ0v) is 11.6. The average Bonchev–Trinajstić information content (AvgIpc) is 2.35. The van der Waals surface area contributed by atoms with Gasteiger partial charge in [-0.15, -0.1) is 0 Å². The van der Waals surface area contributed by atoms with Crippen LogP contribution in [0.2, 0.25) is 0 Å². The van der Waals surface area contributed by atoms with E-state index in [1.54, 1.807) is 14.2 Å². The minimum atomic E-state index is 0.762. The van der Waals surface area contributed by atoms with Gasteiger partial charge < -0.3 is 15.2 Å². The molecule has 0 saturated carbocycles. The molecule has 4 heteroatoms. The number of hydrogen-bond acceptors (Lipinski definition) is 4. The molecule has 1 aromatic rings. The molecule has 0 bridgehead atoms. The van der Waals surface area contributed by atoms with E-state index in [1.807, 2.05) is 17.8 Å². The van der Waals surface area contributed by atoms with Crippen LogP contribution in [-0.2, 0) is 5.75 Å². The number of nitrogens with two attached hydrogens (primary N) is 1. The molecule has 1 aromatic carbocycles. The molecule has 0 saturated heterocycles. The molecule has 0 heterocycles. The Kier molecular flexibility index (Phi) is 6.22. The molecule has 0 aliphatic carbocycles. The SMILES string of the molecule is COc1cc(C)c(CSCCCN)cc1OC. The van der Waals surface area contributed by atoms with E-state index in [0.29, 0.717) is 0 Å². The van der Waals surface area contributed by atoms with E-state index in [0.717, 1.165) is 36.0 Å². The summed E-state index contributed by atoms with van der Waals surface area (Å²) >= 11 is 1.90. The van der Waals surface area contributed by atoms with Gasteiger partial charge in [0, 0.05) is 5.75 Å². The molecule has 1 rings (SSSR count). The van der Waals surface area contributed by atoms with E-state index in [1.165, 1.54) is 11.1 Å². The molecule has 0 aliphatic heterocycles. The van der Waals surface area contributed by atoms with Crippen molar-refractivity contribution < 1.29 is 9.47 Å². The first-order valence-corrected chi connectivity index (χ1v) is 6.87. The van der Waals surface area contributed by atoms with Crippen LogP contribution in [0.15, 0.2) is 12.1 Å². The standard InChI is InChI=1S/C13H21NO2S/c1-10-7-12(15-2)13(16-3)8-11(10)9-17-6-4-5-14/h7-8H,4-6,9,14H2,1-3H3. The van der Waals surface area contributed by atoms with E-state index in [-0.39, 0.29) is 0 Å². The number of aryl methyl sites for hydroxylation is 1. The Labute approximate surface area is 108 Å². The highest BCUT2D eigenvalue weighted by Crippen LogP contribution is 2.31. The summed E-state index contributed by atoms with van der Waals surface area (Å²) in [5.74, 6) is 3.68. The quantitative estimate of drug-likeness (QED) is 0.761. The summed E-state index contributed by atoms with van der Waals surface area (Å²) in [5.41, 5.74) is 8.01. The highest BCUT2D eigenvalue weighted by molar-refractivity contribution is 7.98. The second-order valence-corrected chi connectivity index (χ2v) is 4.93. The molecule has 96 valence electrons. The molecule has 3 nitrogen and oxygen atoms in total. The van der Waals surface area contributed by atoms with Crippen molar-refractivity contribution in [2.24, 2.45) is 5.73 Å². The molecular formula is C13H21NO2S. The van der Waals surface area contributed by atoms with Crippen LogP contribution in [0.25, 0.3) is 0 Å². The zero-order chi connectivity index (χ0) is 12.7. The first-order valence-electron chi connectivity index (χ1n) is 5.72. The smallest absolute Gasteiger partial charge is 0.161 e. The normalized spacial score (nSPS) is 10.4. The summed E-state index contributed by atoms with van der Waals surface area (Å²) in [7, 11) is 3.32. The van der Waals surface area contributed by atoms with Gasteiger partial charge in [0.05, 0.1) is 14.2 Å². The van der Waals surface area contributed by atoms with Crippen LogP contribution >= 0.6 is 11.8 Å². The molecule has 0 unspecified atom stereocenters. The topological polar surface area (TPSA) is 44.5 Å². The Bertz CT molecular complexity index is 356. The van der Waals surface area contributed by atoms with Crippen molar-refractivity contribution in [3.05, 3.63) is 23.3 Å². The Balaban J connectivity index is 2.71. The Morgan fingerprint density at radius 1 is 1.18 bits per heavy atom. The second-order valence-electron chi connectivity index (χ2n) is 3.83. The van der Waals surface area contributed by atoms with Gasteiger partial charge in [0.2, 0.25) is 0 Å². The molecule has 0 aliphatic rings. The van der Waals surface area contributed by atoms with Gasteiger partial charge in [-0.25, -0.2) is 0 Å². The maximum Gasteiger partial charge on any atom is 0.161 e. The number of ether oxygens (including phenoxy) is 2. The highest BCUT2D eigenvalue weighted by atomic mass is 32.2. The third-order valence-electron chi connectivity index (χ3n) is 2.59. The van der Waals surface area contributed by atoms with E-state index < -0.39 is 0 Å². The van der Waals surface area contributed by atoms with Crippen molar-refractivity contribution in [2.75, 3.05) is 26.5 Å². The fourth-order valence-corrected chi connectivity index (χ4v) is 2.59. The molecule has 2 N–H and O–H groups in total. The minimum absolute atomic E-state index is 0.762. The van der Waals surface area contributed by atoms with Crippen molar-refractivity contribution >= 4 is 11.8 Å². The van der Waals surface area contributed by atoms with E-state index in [9.17, 15) is 0 Å². The van der Waals surface area contributed by atoms with Gasteiger partial charge in [-0.2, -0.15) is 11.8 Å². The fraction of sp³-hybridized carbons (Fsp3) is 0.538. The third kappa shape index (κ3) is 4.13. The van der Waals surface area contributed by atoms with E-state index in [2.05, 4.69) is 13.0 Å². The van der Waals surface area contributed by atoms with Gasteiger partial charge in [0.15, 0.2) is 11.5 Å². The number of methoxy groups -OCH3 is 2. The maximum absolute atomic E-state index is 5.47. The zero-order valence-electron chi connectivity index (χ0n) is 10.8. The van der Waals surface area contributed by atoms with Gasteiger partial charge >= 0.3 is 0 Å². The molecule has 0 aromatic heterocycles. The number of rotatable bonds is 7. The summed E-state index contributed by atoms with van der Waals surface area (Å²) in [6.45, 7) is 2.86. The summed E-state index contributed by atoms with van der Waals surface area (Å²) in [6.07, 6.45) is 1.07. The lowest BCUT2D eigenvalue weighted by Gasteiger charge is -2.12. The lowest BCUT2D eigenvalue weighted by atomic mass is 10.1. The molecule has 17 heavy (non-hydrogen) atoms. The third-order valence-corrected chi connectivity index (χ3v) is 3.68. The highest BCUT2D eigenvalue weighted by Gasteiger charge is 2.08. The van der Waals surface area contributed by atoms with Crippen molar-refractivity contribution in [3.8, 4) is 11.5 Å². The lowest BCUT2D eigenvalue weighted by Crippen LogP contribution is -2.00. The maximum atomic E-state index is 5.47. The van der Waals surface area contributed by atoms with Crippen LogP contribution in [0.1, 0.15) is 17.5 Å². The van der Waals surface area contributed by atoms with E-state index >= 15 is 0 Å². The molecular weight excluding hydrogens is 234 g/mol. The van der Waals surface area contributed by atoms with E-state index in [4.69, 9.17) is 15.2 Å². The molecule has 0 fully saturated rings. The summed E-state index contributed by atoms with van der Waals surface area (Å²) in [5, 5.41) is 0. The predicted octanol–water partition coefficient (Wildman–Crippen LogP) is 2.59. The number of thioether (sulfide) groups is 1. The van der Waals surface area contributed by atoms with Crippen molar-refractivity contribution in [2.45, 2.75) is 19.1 Å². The molecule has 0 amide bonds. The van der Waals surface area contributed by atoms with Crippen LogP contribution in [-0.4, -0.2) is 26.5 Å². The van der Waals surface area contributed by atoms with Crippen LogP contribution in [0.4, 0.5) is 0 Å². The Morgan fingerprint density at radius 2 is 1.82 bits per heavy atom. The monoisotopic (exact) mass is 255 g/mol. The van der Waals surface area contributed by atoms with Gasteiger partial charge in [-0.05, 0) is 48.9 Å². The minimum Gasteiger partial charge on any atom is -0.493 e. The van der Waals surface area contributed by atoms with Crippen LogP contribution in [0, 0.1) is 6.92 Å².